The molecular weight excluding hydrogens is 184 g/mol. The summed E-state index contributed by atoms with van der Waals surface area (Å²) >= 11 is 0. The first-order chi connectivity index (χ1) is 7.12. The van der Waals surface area contributed by atoms with Gasteiger partial charge >= 0.3 is 0 Å². The molecular formula is C13H28N2. The average Bonchev–Trinajstić information content (AvgIpc) is 2.27. The molecule has 1 aliphatic heterocycles. The van der Waals surface area contributed by atoms with Gasteiger partial charge in [0, 0.05) is 24.7 Å². The Hall–Kier alpha value is -0.0800. The van der Waals surface area contributed by atoms with E-state index in [2.05, 4.69) is 25.7 Å². The summed E-state index contributed by atoms with van der Waals surface area (Å²) < 4.78 is 0. The predicted octanol–water partition coefficient (Wildman–Crippen LogP) is 2.77. The van der Waals surface area contributed by atoms with Crippen LogP contribution in [0.15, 0.2) is 0 Å². The molecule has 0 aromatic rings. The Labute approximate surface area is 95.2 Å². The van der Waals surface area contributed by atoms with Gasteiger partial charge in [-0.15, -0.1) is 0 Å². The Morgan fingerprint density at radius 1 is 1.27 bits per heavy atom. The third-order valence-corrected chi connectivity index (χ3v) is 4.13. The van der Waals surface area contributed by atoms with Crippen molar-refractivity contribution >= 4 is 0 Å². The van der Waals surface area contributed by atoms with Crippen molar-refractivity contribution in [1.82, 2.24) is 4.90 Å². The Morgan fingerprint density at radius 3 is 2.33 bits per heavy atom. The number of piperidine rings is 1. The van der Waals surface area contributed by atoms with E-state index in [1.807, 2.05) is 0 Å². The summed E-state index contributed by atoms with van der Waals surface area (Å²) in [6.07, 6.45) is 7.64. The molecule has 1 fully saturated rings. The zero-order valence-electron chi connectivity index (χ0n) is 10.8. The second-order valence-corrected chi connectivity index (χ2v) is 5.28. The van der Waals surface area contributed by atoms with E-state index < -0.39 is 0 Å². The van der Waals surface area contributed by atoms with E-state index >= 15 is 0 Å². The summed E-state index contributed by atoms with van der Waals surface area (Å²) in [5, 5.41) is 0. The topological polar surface area (TPSA) is 29.3 Å². The summed E-state index contributed by atoms with van der Waals surface area (Å²) in [7, 11) is 0. The highest BCUT2D eigenvalue weighted by molar-refractivity contribution is 4.88. The molecule has 2 N–H and O–H groups in total. The molecule has 1 unspecified atom stereocenters. The number of likely N-dealkylation sites (tertiary alicyclic amines) is 1. The maximum atomic E-state index is 5.96. The number of nitrogens with two attached hydrogens (primary N) is 1. The van der Waals surface area contributed by atoms with Gasteiger partial charge < -0.3 is 5.73 Å². The average molecular weight is 212 g/mol. The maximum absolute atomic E-state index is 5.96. The zero-order chi connectivity index (χ0) is 11.3. The van der Waals surface area contributed by atoms with E-state index in [0.717, 1.165) is 0 Å². The van der Waals surface area contributed by atoms with Crippen molar-refractivity contribution in [3.63, 3.8) is 0 Å². The Bertz CT molecular complexity index is 173. The van der Waals surface area contributed by atoms with Gasteiger partial charge in [0.25, 0.3) is 0 Å². The van der Waals surface area contributed by atoms with Crippen molar-refractivity contribution in [2.24, 2.45) is 5.73 Å². The fourth-order valence-electron chi connectivity index (χ4n) is 2.56. The third kappa shape index (κ3) is 3.46. The Balaban J connectivity index is 2.49. The SMILES string of the molecule is CCCCC(C)(CC)N1CCC(N)CC1. The molecule has 0 aliphatic carbocycles. The van der Waals surface area contributed by atoms with Crippen molar-refractivity contribution in [2.75, 3.05) is 13.1 Å². The molecule has 0 aromatic carbocycles. The molecule has 1 heterocycles. The fourth-order valence-corrected chi connectivity index (χ4v) is 2.56. The fraction of sp³-hybridized carbons (Fsp3) is 1.00. The zero-order valence-corrected chi connectivity index (χ0v) is 10.8. The minimum Gasteiger partial charge on any atom is -0.328 e. The van der Waals surface area contributed by atoms with Gasteiger partial charge in [-0.3, -0.25) is 4.90 Å². The van der Waals surface area contributed by atoms with Crippen LogP contribution in [0.4, 0.5) is 0 Å². The molecule has 0 spiro atoms. The summed E-state index contributed by atoms with van der Waals surface area (Å²) in [5.41, 5.74) is 6.38. The van der Waals surface area contributed by atoms with Gasteiger partial charge in [0.05, 0.1) is 0 Å². The highest BCUT2D eigenvalue weighted by Crippen LogP contribution is 2.28. The maximum Gasteiger partial charge on any atom is 0.0178 e. The first-order valence-corrected chi connectivity index (χ1v) is 6.63. The summed E-state index contributed by atoms with van der Waals surface area (Å²) in [6, 6.07) is 0.452. The smallest absolute Gasteiger partial charge is 0.0178 e. The number of hydrogen-bond acceptors (Lipinski definition) is 2. The standard InChI is InChI=1S/C13H28N2/c1-4-6-9-13(3,5-2)15-10-7-12(14)8-11-15/h12H,4-11,14H2,1-3H3. The highest BCUT2D eigenvalue weighted by Gasteiger charge is 2.31. The van der Waals surface area contributed by atoms with E-state index in [9.17, 15) is 0 Å². The number of hydrogen-bond donors (Lipinski definition) is 1. The van der Waals surface area contributed by atoms with Crippen LogP contribution in [0.1, 0.15) is 59.3 Å². The molecule has 2 nitrogen and oxygen atoms in total. The van der Waals surface area contributed by atoms with E-state index in [0.29, 0.717) is 11.6 Å². The van der Waals surface area contributed by atoms with Crippen LogP contribution in [0.5, 0.6) is 0 Å². The lowest BCUT2D eigenvalue weighted by atomic mass is 9.87. The molecule has 90 valence electrons. The Kier molecular flexibility index (Phi) is 5.07. The van der Waals surface area contributed by atoms with E-state index in [1.54, 1.807) is 0 Å². The first-order valence-electron chi connectivity index (χ1n) is 6.63. The molecule has 2 heteroatoms. The second kappa shape index (κ2) is 5.86. The Morgan fingerprint density at radius 2 is 1.87 bits per heavy atom. The largest absolute Gasteiger partial charge is 0.328 e. The van der Waals surface area contributed by atoms with Crippen LogP contribution in [-0.2, 0) is 0 Å². The van der Waals surface area contributed by atoms with E-state index in [1.165, 1.54) is 51.6 Å². The second-order valence-electron chi connectivity index (χ2n) is 5.28. The summed E-state index contributed by atoms with van der Waals surface area (Å²) in [4.78, 5) is 2.67. The number of nitrogens with zero attached hydrogens (tertiary/aromatic N) is 1. The van der Waals surface area contributed by atoms with Crippen LogP contribution in [0.25, 0.3) is 0 Å². The van der Waals surface area contributed by atoms with Gasteiger partial charge in [-0.2, -0.15) is 0 Å². The molecule has 0 radical (unpaired) electrons. The molecule has 1 aliphatic rings. The lowest BCUT2D eigenvalue weighted by Crippen LogP contribution is -2.51. The van der Waals surface area contributed by atoms with Crippen molar-refractivity contribution < 1.29 is 0 Å². The van der Waals surface area contributed by atoms with Crippen LogP contribution in [0.2, 0.25) is 0 Å². The first kappa shape index (κ1) is 13.0. The number of rotatable bonds is 5. The van der Waals surface area contributed by atoms with Crippen molar-refractivity contribution in [2.45, 2.75) is 70.9 Å². The third-order valence-electron chi connectivity index (χ3n) is 4.13. The number of unbranched alkanes of at least 4 members (excludes halogenated alkanes) is 1. The van der Waals surface area contributed by atoms with Gasteiger partial charge in [0.2, 0.25) is 0 Å². The molecule has 0 amide bonds. The van der Waals surface area contributed by atoms with Gasteiger partial charge in [0.1, 0.15) is 0 Å². The van der Waals surface area contributed by atoms with Crippen LogP contribution < -0.4 is 5.73 Å². The molecule has 0 saturated carbocycles. The van der Waals surface area contributed by atoms with E-state index in [-0.39, 0.29) is 0 Å². The molecule has 1 saturated heterocycles. The monoisotopic (exact) mass is 212 g/mol. The minimum atomic E-state index is 0.427. The van der Waals surface area contributed by atoms with Gasteiger partial charge in [-0.25, -0.2) is 0 Å². The molecule has 15 heavy (non-hydrogen) atoms. The van der Waals surface area contributed by atoms with Crippen LogP contribution in [0, 0.1) is 0 Å². The van der Waals surface area contributed by atoms with Crippen LogP contribution in [-0.4, -0.2) is 29.6 Å². The van der Waals surface area contributed by atoms with Crippen molar-refractivity contribution in [3.8, 4) is 0 Å². The normalized spacial score (nSPS) is 24.0. The molecule has 1 rings (SSSR count). The summed E-state index contributed by atoms with van der Waals surface area (Å²) in [6.45, 7) is 9.44. The van der Waals surface area contributed by atoms with E-state index in [4.69, 9.17) is 5.73 Å². The van der Waals surface area contributed by atoms with Crippen LogP contribution >= 0.6 is 0 Å². The molecule has 1 atom stereocenters. The highest BCUT2D eigenvalue weighted by atomic mass is 15.2. The predicted molar refractivity (Wildman–Crippen MR) is 67.0 cm³/mol. The lowest BCUT2D eigenvalue weighted by molar-refractivity contribution is 0.0620. The minimum absolute atomic E-state index is 0.427. The van der Waals surface area contributed by atoms with Crippen LogP contribution in [0.3, 0.4) is 0 Å². The molecule has 0 aromatic heterocycles. The lowest BCUT2D eigenvalue weighted by Gasteiger charge is -2.44. The quantitative estimate of drug-likeness (QED) is 0.759. The van der Waals surface area contributed by atoms with Gasteiger partial charge in [0.15, 0.2) is 0 Å². The molecule has 0 bridgehead atoms. The summed E-state index contributed by atoms with van der Waals surface area (Å²) in [5.74, 6) is 0. The van der Waals surface area contributed by atoms with Crippen molar-refractivity contribution in [3.05, 3.63) is 0 Å². The van der Waals surface area contributed by atoms with Crippen molar-refractivity contribution in [1.29, 1.82) is 0 Å². The van der Waals surface area contributed by atoms with Gasteiger partial charge in [-0.1, -0.05) is 26.7 Å². The van der Waals surface area contributed by atoms with Gasteiger partial charge in [-0.05, 0) is 32.6 Å².